The molecule has 0 atom stereocenters. The van der Waals surface area contributed by atoms with Crippen molar-refractivity contribution in [3.8, 4) is 0 Å². The highest BCUT2D eigenvalue weighted by atomic mass is 35.5. The summed E-state index contributed by atoms with van der Waals surface area (Å²) in [5.74, 6) is 0.234. The molecule has 1 amide bonds. The van der Waals surface area contributed by atoms with Crippen molar-refractivity contribution >= 4 is 34.9 Å². The fourth-order valence-corrected chi connectivity index (χ4v) is 1.87. The van der Waals surface area contributed by atoms with E-state index >= 15 is 0 Å². The van der Waals surface area contributed by atoms with Crippen molar-refractivity contribution in [2.75, 3.05) is 11.9 Å². The molecule has 0 bridgehead atoms. The van der Waals surface area contributed by atoms with Gasteiger partial charge in [0.15, 0.2) is 4.84 Å². The van der Waals surface area contributed by atoms with Gasteiger partial charge in [-0.3, -0.25) is 9.48 Å². The van der Waals surface area contributed by atoms with E-state index in [1.165, 1.54) is 0 Å². The van der Waals surface area contributed by atoms with E-state index in [-0.39, 0.29) is 0 Å². The van der Waals surface area contributed by atoms with Crippen molar-refractivity contribution in [1.82, 2.24) is 15.1 Å². The van der Waals surface area contributed by atoms with Gasteiger partial charge < -0.3 is 10.6 Å². The molecule has 5 nitrogen and oxygen atoms in total. The van der Waals surface area contributed by atoms with Gasteiger partial charge in [-0.2, -0.15) is 5.10 Å². The minimum absolute atomic E-state index is 0.431. The lowest BCUT2D eigenvalue weighted by molar-refractivity contribution is -0.114. The minimum Gasteiger partial charge on any atom is -0.312 e. The molecular weight excluding hydrogens is 251 g/mol. The number of carbonyl (C=O) groups is 1. The largest absolute Gasteiger partial charge is 0.312 e. The maximum atomic E-state index is 11.4. The summed E-state index contributed by atoms with van der Waals surface area (Å²) >= 11 is 11.0. The van der Waals surface area contributed by atoms with Crippen LogP contribution < -0.4 is 10.6 Å². The van der Waals surface area contributed by atoms with E-state index in [0.29, 0.717) is 12.4 Å². The van der Waals surface area contributed by atoms with Gasteiger partial charge in [0.2, 0.25) is 0 Å². The van der Waals surface area contributed by atoms with Crippen molar-refractivity contribution in [1.29, 1.82) is 0 Å². The first-order valence-corrected chi connectivity index (χ1v) is 5.81. The van der Waals surface area contributed by atoms with E-state index in [1.807, 2.05) is 0 Å². The standard InChI is InChI=1S/C9H12Cl2N4O/c1-15-8(13-9(16)7(10)11)5-4-12-3-2-6(5)14-15/h7,12H,2-4H2,1H3,(H,13,16). The topological polar surface area (TPSA) is 59.0 Å². The highest BCUT2D eigenvalue weighted by molar-refractivity contribution is 6.54. The van der Waals surface area contributed by atoms with Gasteiger partial charge >= 0.3 is 0 Å². The number of nitrogens with zero attached hydrogens (tertiary/aromatic N) is 2. The van der Waals surface area contributed by atoms with Crippen LogP contribution in [0.3, 0.4) is 0 Å². The van der Waals surface area contributed by atoms with Crippen molar-refractivity contribution in [2.45, 2.75) is 17.8 Å². The summed E-state index contributed by atoms with van der Waals surface area (Å²) < 4.78 is 1.64. The number of aromatic nitrogens is 2. The Balaban J connectivity index is 2.26. The van der Waals surface area contributed by atoms with E-state index in [4.69, 9.17) is 23.2 Å². The van der Waals surface area contributed by atoms with E-state index < -0.39 is 10.7 Å². The van der Waals surface area contributed by atoms with Gasteiger partial charge in [0, 0.05) is 32.1 Å². The molecule has 0 saturated carbocycles. The zero-order chi connectivity index (χ0) is 11.7. The first-order chi connectivity index (χ1) is 7.59. The lowest BCUT2D eigenvalue weighted by Crippen LogP contribution is -2.25. The zero-order valence-electron chi connectivity index (χ0n) is 8.76. The molecule has 1 aromatic heterocycles. The Labute approximate surface area is 103 Å². The number of halogens is 2. The number of nitrogens with one attached hydrogen (secondary N) is 2. The van der Waals surface area contributed by atoms with Gasteiger partial charge in [-0.1, -0.05) is 23.2 Å². The molecule has 0 saturated heterocycles. The summed E-state index contributed by atoms with van der Waals surface area (Å²) in [7, 11) is 1.78. The van der Waals surface area contributed by atoms with E-state index in [1.54, 1.807) is 11.7 Å². The number of aryl methyl sites for hydroxylation is 1. The SMILES string of the molecule is Cn1nc2c(c1NC(=O)C(Cl)Cl)CNCC2. The summed E-state index contributed by atoms with van der Waals surface area (Å²) in [6.07, 6.45) is 0.865. The monoisotopic (exact) mass is 262 g/mol. The van der Waals surface area contributed by atoms with Gasteiger partial charge in [-0.25, -0.2) is 0 Å². The second-order valence-corrected chi connectivity index (χ2v) is 4.71. The van der Waals surface area contributed by atoms with Crippen LogP contribution in [-0.4, -0.2) is 27.1 Å². The second kappa shape index (κ2) is 4.61. The molecule has 2 N–H and O–H groups in total. The lowest BCUT2D eigenvalue weighted by atomic mass is 10.1. The van der Waals surface area contributed by atoms with Crippen LogP contribution in [0.2, 0.25) is 0 Å². The molecule has 88 valence electrons. The van der Waals surface area contributed by atoms with Crippen LogP contribution in [0.5, 0.6) is 0 Å². The number of fused-ring (bicyclic) bond motifs is 1. The average Bonchev–Trinajstić information content (AvgIpc) is 2.55. The Morgan fingerprint density at radius 3 is 3.06 bits per heavy atom. The number of hydrogen-bond donors (Lipinski definition) is 2. The number of carbonyl (C=O) groups excluding carboxylic acids is 1. The molecule has 1 aliphatic rings. The highest BCUT2D eigenvalue weighted by Crippen LogP contribution is 2.22. The summed E-state index contributed by atoms with van der Waals surface area (Å²) in [5, 5.41) is 10.2. The summed E-state index contributed by atoms with van der Waals surface area (Å²) in [5.41, 5.74) is 2.02. The Morgan fingerprint density at radius 2 is 2.38 bits per heavy atom. The fraction of sp³-hybridized carbons (Fsp3) is 0.556. The average molecular weight is 263 g/mol. The van der Waals surface area contributed by atoms with E-state index in [0.717, 1.165) is 24.2 Å². The summed E-state index contributed by atoms with van der Waals surface area (Å²) in [6, 6.07) is 0. The Hall–Kier alpha value is -0.780. The van der Waals surface area contributed by atoms with Crippen molar-refractivity contribution in [3.63, 3.8) is 0 Å². The molecule has 0 spiro atoms. The third-order valence-electron chi connectivity index (χ3n) is 2.51. The molecule has 1 aromatic rings. The first-order valence-electron chi connectivity index (χ1n) is 4.94. The minimum atomic E-state index is -1.07. The van der Waals surface area contributed by atoms with Crippen molar-refractivity contribution in [2.24, 2.45) is 7.05 Å². The van der Waals surface area contributed by atoms with E-state index in [2.05, 4.69) is 15.7 Å². The maximum absolute atomic E-state index is 11.4. The summed E-state index contributed by atoms with van der Waals surface area (Å²) in [4.78, 5) is 10.3. The van der Waals surface area contributed by atoms with Crippen LogP contribution in [0.1, 0.15) is 11.3 Å². The number of amides is 1. The second-order valence-electron chi connectivity index (χ2n) is 3.61. The molecule has 2 rings (SSSR count). The normalized spacial score (nSPS) is 15.0. The zero-order valence-corrected chi connectivity index (χ0v) is 10.3. The van der Waals surface area contributed by atoms with Crippen LogP contribution >= 0.6 is 23.2 Å². The van der Waals surface area contributed by atoms with Crippen LogP contribution in [0, 0.1) is 0 Å². The predicted octanol–water partition coefficient (Wildman–Crippen LogP) is 0.808. The quantitative estimate of drug-likeness (QED) is 0.776. The number of rotatable bonds is 2. The summed E-state index contributed by atoms with van der Waals surface area (Å²) in [6.45, 7) is 1.61. The van der Waals surface area contributed by atoms with Crippen LogP contribution in [0.15, 0.2) is 0 Å². The highest BCUT2D eigenvalue weighted by Gasteiger charge is 2.22. The third kappa shape index (κ3) is 2.16. The van der Waals surface area contributed by atoms with Crippen LogP contribution in [0.25, 0.3) is 0 Å². The Bertz CT molecular complexity index is 416. The van der Waals surface area contributed by atoms with Gasteiger partial charge in [0.05, 0.1) is 5.69 Å². The molecule has 7 heteroatoms. The van der Waals surface area contributed by atoms with Crippen LogP contribution in [-0.2, 0) is 24.8 Å². The smallest absolute Gasteiger partial charge is 0.258 e. The molecule has 2 heterocycles. The van der Waals surface area contributed by atoms with Crippen molar-refractivity contribution in [3.05, 3.63) is 11.3 Å². The lowest BCUT2D eigenvalue weighted by Gasteiger charge is -2.13. The molecule has 16 heavy (non-hydrogen) atoms. The third-order valence-corrected chi connectivity index (χ3v) is 2.91. The molecule has 1 aliphatic heterocycles. The molecule has 0 fully saturated rings. The molecule has 0 aromatic carbocycles. The van der Waals surface area contributed by atoms with Crippen LogP contribution in [0.4, 0.5) is 5.82 Å². The van der Waals surface area contributed by atoms with Crippen molar-refractivity contribution < 1.29 is 4.79 Å². The number of alkyl halides is 2. The molecule has 0 radical (unpaired) electrons. The van der Waals surface area contributed by atoms with E-state index in [9.17, 15) is 4.79 Å². The van der Waals surface area contributed by atoms with Gasteiger partial charge in [-0.05, 0) is 0 Å². The Kier molecular flexibility index (Phi) is 3.37. The fourth-order valence-electron chi connectivity index (χ4n) is 1.76. The number of hydrogen-bond acceptors (Lipinski definition) is 3. The first kappa shape index (κ1) is 11.7. The molecule has 0 aliphatic carbocycles. The number of anilines is 1. The van der Waals surface area contributed by atoms with Gasteiger partial charge in [0.1, 0.15) is 5.82 Å². The molecular formula is C9H12Cl2N4O. The predicted molar refractivity (Wildman–Crippen MR) is 62.7 cm³/mol. The molecule has 0 unspecified atom stereocenters. The van der Waals surface area contributed by atoms with Gasteiger partial charge in [-0.15, -0.1) is 0 Å². The van der Waals surface area contributed by atoms with Gasteiger partial charge in [0.25, 0.3) is 5.91 Å². The maximum Gasteiger partial charge on any atom is 0.258 e. The Morgan fingerprint density at radius 1 is 1.62 bits per heavy atom.